The molecule has 2 aliphatic rings. The molecule has 2 amide bonds. The summed E-state index contributed by atoms with van der Waals surface area (Å²) in [6, 6.07) is 15.3. The number of carbonyl (C=O) groups excluding carboxylic acids is 2. The van der Waals surface area contributed by atoms with Gasteiger partial charge < -0.3 is 24.6 Å². The first-order valence-electron chi connectivity index (χ1n) is 12.2. The molecule has 7 nitrogen and oxygen atoms in total. The van der Waals surface area contributed by atoms with E-state index < -0.39 is 6.09 Å². The Balaban J connectivity index is 0.00000361. The van der Waals surface area contributed by atoms with E-state index in [9.17, 15) is 9.59 Å². The molecule has 0 radical (unpaired) electrons. The number of nitrogens with zero attached hydrogens (tertiary/aromatic N) is 2. The zero-order chi connectivity index (χ0) is 24.8. The van der Waals surface area contributed by atoms with Crippen LogP contribution in [-0.2, 0) is 16.1 Å². The summed E-state index contributed by atoms with van der Waals surface area (Å²) in [7, 11) is 3.02. The van der Waals surface area contributed by atoms with Crippen molar-refractivity contribution < 1.29 is 19.1 Å². The Morgan fingerprint density at radius 2 is 1.78 bits per heavy atom. The van der Waals surface area contributed by atoms with Gasteiger partial charge in [-0.05, 0) is 74.2 Å². The van der Waals surface area contributed by atoms with Crippen LogP contribution in [0.4, 0.5) is 4.79 Å². The third kappa shape index (κ3) is 6.64. The second-order valence-corrected chi connectivity index (χ2v) is 9.92. The van der Waals surface area contributed by atoms with E-state index in [1.165, 1.54) is 7.11 Å². The first-order valence-corrected chi connectivity index (χ1v) is 12.5. The number of benzene rings is 2. The number of halogens is 2. The van der Waals surface area contributed by atoms with Crippen molar-refractivity contribution >= 4 is 36.0 Å². The molecule has 0 saturated carbocycles. The van der Waals surface area contributed by atoms with Crippen LogP contribution in [0.3, 0.4) is 0 Å². The fourth-order valence-corrected chi connectivity index (χ4v) is 5.42. The Morgan fingerprint density at radius 1 is 1.08 bits per heavy atom. The van der Waals surface area contributed by atoms with Gasteiger partial charge in [-0.25, -0.2) is 4.79 Å². The molecule has 196 valence electrons. The van der Waals surface area contributed by atoms with Crippen LogP contribution >= 0.6 is 24.0 Å². The molecule has 4 rings (SSSR count). The fraction of sp³-hybridized carbons (Fsp3) is 0.481. The van der Waals surface area contributed by atoms with Crippen LogP contribution in [-0.4, -0.2) is 62.2 Å². The van der Waals surface area contributed by atoms with Gasteiger partial charge in [0.1, 0.15) is 5.75 Å². The minimum atomic E-state index is -0.457. The van der Waals surface area contributed by atoms with Crippen molar-refractivity contribution in [1.29, 1.82) is 0 Å². The maximum absolute atomic E-state index is 13.4. The van der Waals surface area contributed by atoms with Gasteiger partial charge in [0.25, 0.3) is 0 Å². The van der Waals surface area contributed by atoms with E-state index in [-0.39, 0.29) is 29.8 Å². The third-order valence-electron chi connectivity index (χ3n) is 7.41. The second-order valence-electron chi connectivity index (χ2n) is 9.48. The highest BCUT2D eigenvalue weighted by molar-refractivity contribution is 6.30. The normalized spacial score (nSPS) is 18.0. The lowest BCUT2D eigenvalue weighted by Gasteiger charge is -2.38. The first-order chi connectivity index (χ1) is 16.9. The predicted octanol–water partition coefficient (Wildman–Crippen LogP) is 5.07. The quantitative estimate of drug-likeness (QED) is 0.510. The minimum Gasteiger partial charge on any atom is -0.497 e. The lowest BCUT2D eigenvalue weighted by Crippen LogP contribution is -2.45. The highest BCUT2D eigenvalue weighted by atomic mass is 35.5. The molecular formula is C27H35Cl2N3O4. The summed E-state index contributed by atoms with van der Waals surface area (Å²) >= 11 is 6.17. The molecule has 9 heteroatoms. The van der Waals surface area contributed by atoms with Crippen molar-refractivity contribution in [3.8, 4) is 5.75 Å². The molecule has 2 heterocycles. The molecule has 1 unspecified atom stereocenters. The zero-order valence-corrected chi connectivity index (χ0v) is 22.4. The van der Waals surface area contributed by atoms with Crippen LogP contribution in [0.2, 0.25) is 5.02 Å². The molecule has 2 saturated heterocycles. The molecule has 0 bridgehead atoms. The predicted molar refractivity (Wildman–Crippen MR) is 143 cm³/mol. The molecule has 1 N–H and O–H groups in total. The summed E-state index contributed by atoms with van der Waals surface area (Å²) in [4.78, 5) is 29.7. The van der Waals surface area contributed by atoms with E-state index in [1.54, 1.807) is 7.11 Å². The van der Waals surface area contributed by atoms with E-state index >= 15 is 0 Å². The number of nitrogens with one attached hydrogen (secondary N) is 1. The van der Waals surface area contributed by atoms with Gasteiger partial charge in [-0.1, -0.05) is 35.9 Å². The van der Waals surface area contributed by atoms with Gasteiger partial charge in [-0.3, -0.25) is 4.79 Å². The van der Waals surface area contributed by atoms with Crippen LogP contribution in [0.5, 0.6) is 5.75 Å². The van der Waals surface area contributed by atoms with Crippen molar-refractivity contribution in [2.45, 2.75) is 38.3 Å². The molecule has 2 fully saturated rings. The Hall–Kier alpha value is -2.48. The van der Waals surface area contributed by atoms with E-state index in [1.807, 2.05) is 53.4 Å². The molecule has 1 spiro atoms. The number of carbonyl (C=O) groups is 2. The maximum Gasteiger partial charge on any atom is 0.407 e. The maximum atomic E-state index is 13.4. The van der Waals surface area contributed by atoms with E-state index in [0.29, 0.717) is 11.6 Å². The summed E-state index contributed by atoms with van der Waals surface area (Å²) in [6.07, 6.45) is 2.94. The molecule has 1 atom stereocenters. The molecule has 2 aliphatic heterocycles. The van der Waals surface area contributed by atoms with Crippen molar-refractivity contribution in [3.63, 3.8) is 0 Å². The van der Waals surface area contributed by atoms with Gasteiger partial charge in [0.05, 0.1) is 25.7 Å². The molecule has 0 aromatic heterocycles. The smallest absolute Gasteiger partial charge is 0.407 e. The number of methoxy groups -OCH3 is 2. The van der Waals surface area contributed by atoms with Crippen LogP contribution in [0.25, 0.3) is 0 Å². The van der Waals surface area contributed by atoms with Gasteiger partial charge >= 0.3 is 6.09 Å². The number of hydrogen-bond donors (Lipinski definition) is 1. The Labute approximate surface area is 224 Å². The van der Waals surface area contributed by atoms with Crippen LogP contribution < -0.4 is 10.1 Å². The highest BCUT2D eigenvalue weighted by Gasteiger charge is 2.47. The average molecular weight is 537 g/mol. The summed E-state index contributed by atoms with van der Waals surface area (Å²) < 4.78 is 10.1. The summed E-state index contributed by atoms with van der Waals surface area (Å²) in [5.74, 6) is 1.11. The lowest BCUT2D eigenvalue weighted by atomic mass is 9.77. The van der Waals surface area contributed by atoms with Crippen LogP contribution in [0.15, 0.2) is 48.5 Å². The van der Waals surface area contributed by atoms with Crippen molar-refractivity contribution in [3.05, 3.63) is 64.7 Å². The van der Waals surface area contributed by atoms with E-state index in [0.717, 1.165) is 68.7 Å². The topological polar surface area (TPSA) is 71.1 Å². The monoisotopic (exact) mass is 535 g/mol. The summed E-state index contributed by atoms with van der Waals surface area (Å²) in [6.45, 7) is 4.03. The van der Waals surface area contributed by atoms with Gasteiger partial charge in [0, 0.05) is 24.7 Å². The first kappa shape index (κ1) is 28.1. The molecule has 0 aliphatic carbocycles. The molecule has 2 aromatic rings. The van der Waals surface area contributed by atoms with Crippen LogP contribution in [0, 0.1) is 5.41 Å². The number of piperidine rings is 1. The van der Waals surface area contributed by atoms with E-state index in [4.69, 9.17) is 21.1 Å². The standard InChI is InChI=1S/C27H34ClN3O4.ClH/c1-34-23-8-6-20(7-9-23)19-31-17-13-27(25(31)32)11-15-30(16-12-27)14-10-24(29-26(33)35-2)21-4-3-5-22(28)18-21;/h3-9,18,24H,10-17,19H2,1-2H3,(H,29,33);1H. The van der Waals surface area contributed by atoms with Gasteiger partial charge in [-0.2, -0.15) is 0 Å². The van der Waals surface area contributed by atoms with Gasteiger partial charge in [0.2, 0.25) is 5.91 Å². The van der Waals surface area contributed by atoms with Crippen molar-refractivity contribution in [2.24, 2.45) is 5.41 Å². The summed E-state index contributed by atoms with van der Waals surface area (Å²) in [5.41, 5.74) is 1.84. The number of ether oxygens (including phenoxy) is 2. The molecule has 2 aromatic carbocycles. The van der Waals surface area contributed by atoms with Crippen molar-refractivity contribution in [2.75, 3.05) is 40.4 Å². The number of likely N-dealkylation sites (tertiary alicyclic amines) is 2. The highest BCUT2D eigenvalue weighted by Crippen LogP contribution is 2.42. The number of hydrogen-bond acceptors (Lipinski definition) is 5. The summed E-state index contributed by atoms with van der Waals surface area (Å²) in [5, 5.41) is 3.56. The Morgan fingerprint density at radius 3 is 2.42 bits per heavy atom. The SMILES string of the molecule is COC(=O)NC(CCN1CCC2(CC1)CCN(Cc1ccc(OC)cc1)C2=O)c1cccc(Cl)c1.Cl. The zero-order valence-electron chi connectivity index (χ0n) is 20.9. The largest absolute Gasteiger partial charge is 0.497 e. The average Bonchev–Trinajstić information content (AvgIpc) is 3.17. The van der Waals surface area contributed by atoms with Crippen LogP contribution in [0.1, 0.15) is 42.9 Å². The van der Waals surface area contributed by atoms with Gasteiger partial charge in [-0.15, -0.1) is 12.4 Å². The third-order valence-corrected chi connectivity index (χ3v) is 7.64. The molecular weight excluding hydrogens is 501 g/mol. The number of rotatable bonds is 8. The molecule has 36 heavy (non-hydrogen) atoms. The van der Waals surface area contributed by atoms with E-state index in [2.05, 4.69) is 10.2 Å². The number of alkyl carbamates (subject to hydrolysis) is 1. The Kier molecular flexibility index (Phi) is 9.88. The second kappa shape index (κ2) is 12.7. The number of amides is 2. The lowest BCUT2D eigenvalue weighted by molar-refractivity contribution is -0.138. The van der Waals surface area contributed by atoms with Gasteiger partial charge in [0.15, 0.2) is 0 Å². The van der Waals surface area contributed by atoms with Crippen molar-refractivity contribution in [1.82, 2.24) is 15.1 Å². The Bertz CT molecular complexity index is 1030. The fourth-order valence-electron chi connectivity index (χ4n) is 5.22. The minimum absolute atomic E-state index is 0.